The number of hydrogen-bond acceptors (Lipinski definition) is 5. The van der Waals surface area contributed by atoms with Crippen LogP contribution in [0.1, 0.15) is 6.92 Å². The van der Waals surface area contributed by atoms with E-state index in [0.29, 0.717) is 11.4 Å². The van der Waals surface area contributed by atoms with Crippen molar-refractivity contribution in [3.63, 3.8) is 0 Å². The summed E-state index contributed by atoms with van der Waals surface area (Å²) in [4.78, 5) is 24.2. The van der Waals surface area contributed by atoms with Gasteiger partial charge in [-0.3, -0.25) is 9.59 Å². The molecule has 0 bridgehead atoms. The van der Waals surface area contributed by atoms with Crippen LogP contribution in [0.3, 0.4) is 0 Å². The molecule has 2 amide bonds. The predicted octanol–water partition coefficient (Wildman–Crippen LogP) is 1.43. The number of aliphatic hydroxyl groups is 1. The van der Waals surface area contributed by atoms with E-state index >= 15 is 0 Å². The average Bonchev–Trinajstić information content (AvgIpc) is 2.51. The minimum absolute atomic E-state index is 0.0276. The van der Waals surface area contributed by atoms with E-state index in [1.165, 1.54) is 48.5 Å². The average molecular weight is 316 g/mol. The van der Waals surface area contributed by atoms with Gasteiger partial charge in [0.2, 0.25) is 5.60 Å². The van der Waals surface area contributed by atoms with E-state index in [-0.39, 0.29) is 11.5 Å². The van der Waals surface area contributed by atoms with Crippen LogP contribution in [0.5, 0.6) is 11.5 Å². The van der Waals surface area contributed by atoms with Gasteiger partial charge in [0.15, 0.2) is 0 Å². The molecule has 2 rings (SSSR count). The van der Waals surface area contributed by atoms with Crippen LogP contribution in [-0.2, 0) is 9.59 Å². The Morgan fingerprint density at radius 2 is 1.09 bits per heavy atom. The fourth-order valence-corrected chi connectivity index (χ4v) is 1.70. The van der Waals surface area contributed by atoms with Crippen molar-refractivity contribution in [2.75, 3.05) is 10.6 Å². The van der Waals surface area contributed by atoms with E-state index in [4.69, 9.17) is 0 Å². The Morgan fingerprint density at radius 3 is 1.39 bits per heavy atom. The lowest BCUT2D eigenvalue weighted by molar-refractivity contribution is -0.145. The van der Waals surface area contributed by atoms with Crippen LogP contribution in [-0.4, -0.2) is 32.7 Å². The van der Waals surface area contributed by atoms with Crippen LogP contribution in [0.25, 0.3) is 0 Å². The van der Waals surface area contributed by atoms with Crippen molar-refractivity contribution in [1.82, 2.24) is 0 Å². The molecular formula is C16H16N2O5. The van der Waals surface area contributed by atoms with Gasteiger partial charge in [0.05, 0.1) is 0 Å². The molecule has 2 aromatic carbocycles. The third-order valence-corrected chi connectivity index (χ3v) is 3.13. The second-order valence-corrected chi connectivity index (χ2v) is 5.07. The van der Waals surface area contributed by atoms with Gasteiger partial charge < -0.3 is 26.0 Å². The molecule has 7 heteroatoms. The fourth-order valence-electron chi connectivity index (χ4n) is 1.70. The molecule has 0 aliphatic heterocycles. The highest BCUT2D eigenvalue weighted by atomic mass is 16.3. The van der Waals surface area contributed by atoms with E-state index in [0.717, 1.165) is 6.92 Å². The number of carbonyl (C=O) groups is 2. The number of hydrogen-bond donors (Lipinski definition) is 5. The van der Waals surface area contributed by atoms with Crippen LogP contribution >= 0.6 is 0 Å². The van der Waals surface area contributed by atoms with Crippen molar-refractivity contribution < 1.29 is 24.9 Å². The van der Waals surface area contributed by atoms with Crippen LogP contribution in [0.4, 0.5) is 11.4 Å². The minimum atomic E-state index is -2.31. The fraction of sp³-hybridized carbons (Fsp3) is 0.125. The molecule has 0 spiro atoms. The second-order valence-electron chi connectivity index (χ2n) is 5.07. The number of benzene rings is 2. The second kappa shape index (κ2) is 6.37. The molecule has 2 aromatic rings. The van der Waals surface area contributed by atoms with Gasteiger partial charge in [0.1, 0.15) is 11.5 Å². The van der Waals surface area contributed by atoms with Gasteiger partial charge >= 0.3 is 0 Å². The zero-order chi connectivity index (χ0) is 17.0. The van der Waals surface area contributed by atoms with Crippen LogP contribution in [0, 0.1) is 0 Å². The number of carbonyl (C=O) groups excluding carboxylic acids is 2. The van der Waals surface area contributed by atoms with E-state index in [1.54, 1.807) is 0 Å². The number of phenols is 2. The number of phenolic OH excluding ortho intramolecular Hbond substituents is 2. The normalized spacial score (nSPS) is 10.9. The largest absolute Gasteiger partial charge is 0.508 e. The van der Waals surface area contributed by atoms with E-state index in [9.17, 15) is 24.9 Å². The summed E-state index contributed by atoms with van der Waals surface area (Å²) in [6.07, 6.45) is 0. The van der Waals surface area contributed by atoms with Crippen LogP contribution in [0.15, 0.2) is 48.5 Å². The molecule has 7 nitrogen and oxygen atoms in total. The van der Waals surface area contributed by atoms with Crippen molar-refractivity contribution in [2.45, 2.75) is 12.5 Å². The summed E-state index contributed by atoms with van der Waals surface area (Å²) in [5.74, 6) is -1.78. The Labute approximate surface area is 132 Å². The Morgan fingerprint density at radius 1 is 0.783 bits per heavy atom. The zero-order valence-corrected chi connectivity index (χ0v) is 12.3. The lowest BCUT2D eigenvalue weighted by Gasteiger charge is -2.21. The first-order valence-electron chi connectivity index (χ1n) is 6.72. The maximum atomic E-state index is 12.1. The Bertz CT molecular complexity index is 647. The van der Waals surface area contributed by atoms with Gasteiger partial charge in [-0.25, -0.2) is 0 Å². The lowest BCUT2D eigenvalue weighted by Crippen LogP contribution is -2.50. The first-order chi connectivity index (χ1) is 10.8. The van der Waals surface area contributed by atoms with Gasteiger partial charge in [0, 0.05) is 11.4 Å². The van der Waals surface area contributed by atoms with E-state index in [1.807, 2.05) is 0 Å². The molecule has 0 saturated carbocycles. The molecule has 0 aromatic heterocycles. The Kier molecular flexibility index (Phi) is 4.52. The number of aromatic hydroxyl groups is 2. The third kappa shape index (κ3) is 3.98. The van der Waals surface area contributed by atoms with Crippen molar-refractivity contribution >= 4 is 23.2 Å². The van der Waals surface area contributed by atoms with E-state index in [2.05, 4.69) is 10.6 Å². The summed E-state index contributed by atoms with van der Waals surface area (Å²) in [6.45, 7) is 1.07. The first kappa shape index (κ1) is 16.3. The third-order valence-electron chi connectivity index (χ3n) is 3.13. The van der Waals surface area contributed by atoms with Gasteiger partial charge in [-0.1, -0.05) is 0 Å². The quantitative estimate of drug-likeness (QED) is 0.432. The summed E-state index contributed by atoms with van der Waals surface area (Å²) in [6, 6.07) is 11.2. The maximum absolute atomic E-state index is 12.1. The van der Waals surface area contributed by atoms with Gasteiger partial charge in [-0.15, -0.1) is 0 Å². The van der Waals surface area contributed by atoms with Crippen molar-refractivity contribution in [3.05, 3.63) is 48.5 Å². The standard InChI is InChI=1S/C16H16N2O5/c1-16(23,14(21)17-10-2-6-12(19)7-3-10)15(22)18-11-4-8-13(20)9-5-11/h2-9,19-20,23H,1H3,(H,17,21)(H,18,22). The predicted molar refractivity (Wildman–Crippen MR) is 84.1 cm³/mol. The molecule has 0 fully saturated rings. The maximum Gasteiger partial charge on any atom is 0.265 e. The Hall–Kier alpha value is -3.06. The molecule has 0 saturated heterocycles. The van der Waals surface area contributed by atoms with Gasteiger partial charge in [0.25, 0.3) is 11.8 Å². The summed E-state index contributed by atoms with van der Waals surface area (Å²) in [5.41, 5.74) is -1.66. The number of amides is 2. The molecule has 0 atom stereocenters. The van der Waals surface area contributed by atoms with Crippen molar-refractivity contribution in [3.8, 4) is 11.5 Å². The highest BCUT2D eigenvalue weighted by molar-refractivity contribution is 6.16. The molecule has 23 heavy (non-hydrogen) atoms. The smallest absolute Gasteiger partial charge is 0.265 e. The van der Waals surface area contributed by atoms with E-state index < -0.39 is 17.4 Å². The molecule has 120 valence electrons. The molecular weight excluding hydrogens is 300 g/mol. The summed E-state index contributed by atoms with van der Waals surface area (Å²) >= 11 is 0. The van der Waals surface area contributed by atoms with Crippen LogP contribution in [0.2, 0.25) is 0 Å². The number of anilines is 2. The molecule has 0 heterocycles. The molecule has 0 aliphatic carbocycles. The summed E-state index contributed by atoms with van der Waals surface area (Å²) in [5, 5.41) is 33.3. The summed E-state index contributed by atoms with van der Waals surface area (Å²) in [7, 11) is 0. The van der Waals surface area contributed by atoms with Crippen LogP contribution < -0.4 is 10.6 Å². The first-order valence-corrected chi connectivity index (χ1v) is 6.72. The number of nitrogens with one attached hydrogen (secondary N) is 2. The highest BCUT2D eigenvalue weighted by Gasteiger charge is 2.39. The monoisotopic (exact) mass is 316 g/mol. The SMILES string of the molecule is CC(O)(C(=O)Nc1ccc(O)cc1)C(=O)Nc1ccc(O)cc1. The van der Waals surface area contributed by atoms with Crippen molar-refractivity contribution in [2.24, 2.45) is 0 Å². The minimum Gasteiger partial charge on any atom is -0.508 e. The highest BCUT2D eigenvalue weighted by Crippen LogP contribution is 2.18. The van der Waals surface area contributed by atoms with Crippen molar-refractivity contribution in [1.29, 1.82) is 0 Å². The molecule has 5 N–H and O–H groups in total. The van der Waals surface area contributed by atoms with Gasteiger partial charge in [-0.05, 0) is 55.5 Å². The number of rotatable bonds is 4. The zero-order valence-electron chi connectivity index (χ0n) is 12.3. The lowest BCUT2D eigenvalue weighted by atomic mass is 10.0. The molecule has 0 unspecified atom stereocenters. The summed E-state index contributed by atoms with van der Waals surface area (Å²) < 4.78 is 0. The topological polar surface area (TPSA) is 119 Å². The molecule has 0 radical (unpaired) electrons. The Balaban J connectivity index is 2.06. The molecule has 0 aliphatic rings. The van der Waals surface area contributed by atoms with Gasteiger partial charge in [-0.2, -0.15) is 0 Å².